The number of rotatable bonds is 3. The Balaban J connectivity index is 1.80. The Labute approximate surface area is 112 Å². The van der Waals surface area contributed by atoms with Gasteiger partial charge in [0.25, 0.3) is 0 Å². The predicted molar refractivity (Wildman–Crippen MR) is 72.7 cm³/mol. The molecule has 1 heterocycles. The molecule has 4 nitrogen and oxygen atoms in total. The second-order valence-corrected chi connectivity index (χ2v) is 4.88. The van der Waals surface area contributed by atoms with Gasteiger partial charge in [-0.05, 0) is 58.7 Å². The molecule has 18 heavy (non-hydrogen) atoms. The van der Waals surface area contributed by atoms with Crippen LogP contribution < -0.4 is 4.72 Å². The largest absolute Gasteiger partial charge is 0.326 e. The second kappa shape index (κ2) is 4.88. The van der Waals surface area contributed by atoms with Gasteiger partial charge in [-0.2, -0.15) is 0 Å². The van der Waals surface area contributed by atoms with E-state index in [4.69, 9.17) is 16.2 Å². The third kappa shape index (κ3) is 2.27. The first-order valence-corrected chi connectivity index (χ1v) is 6.42. The first kappa shape index (κ1) is 11.4. The fraction of sp³-hybridized carbons (Fsp3) is 0. The lowest BCUT2D eigenvalue weighted by atomic mass is 10.3. The van der Waals surface area contributed by atoms with Crippen molar-refractivity contribution in [2.75, 3.05) is 4.72 Å². The number of fused-ring (bicyclic) bond motifs is 1. The molecular weight excluding hydrogens is 270 g/mol. The van der Waals surface area contributed by atoms with Crippen LogP contribution in [0.4, 0.5) is 5.69 Å². The highest BCUT2D eigenvalue weighted by molar-refractivity contribution is 8.00. The van der Waals surface area contributed by atoms with Crippen LogP contribution in [0, 0.1) is 0 Å². The summed E-state index contributed by atoms with van der Waals surface area (Å²) in [5, 5.41) is 8.39. The Morgan fingerprint density at radius 3 is 2.72 bits per heavy atom. The van der Waals surface area contributed by atoms with E-state index in [2.05, 4.69) is 15.0 Å². The molecule has 0 aliphatic carbocycles. The summed E-state index contributed by atoms with van der Waals surface area (Å²) in [6, 6.07) is 13.2. The topological polar surface area (TPSA) is 51.0 Å². The molecular formula is C12H8ClN3OS. The van der Waals surface area contributed by atoms with Crippen LogP contribution in [-0.4, -0.2) is 10.3 Å². The van der Waals surface area contributed by atoms with Crippen LogP contribution in [0.3, 0.4) is 0 Å². The zero-order valence-corrected chi connectivity index (χ0v) is 10.7. The second-order valence-electron chi connectivity index (χ2n) is 3.60. The Bertz CT molecular complexity index is 668. The zero-order chi connectivity index (χ0) is 12.4. The highest BCUT2D eigenvalue weighted by Crippen LogP contribution is 2.27. The van der Waals surface area contributed by atoms with E-state index in [9.17, 15) is 0 Å². The fourth-order valence-corrected chi connectivity index (χ4v) is 2.37. The summed E-state index contributed by atoms with van der Waals surface area (Å²) >= 11 is 7.28. The molecule has 0 amide bonds. The molecule has 0 aliphatic heterocycles. The van der Waals surface area contributed by atoms with Crippen LogP contribution in [-0.2, 0) is 0 Å². The fourth-order valence-electron chi connectivity index (χ4n) is 1.50. The maximum Gasteiger partial charge on any atom is 0.150 e. The molecule has 0 spiro atoms. The van der Waals surface area contributed by atoms with Crippen molar-refractivity contribution in [3.8, 4) is 0 Å². The molecule has 1 N–H and O–H groups in total. The molecule has 6 heteroatoms. The Hall–Kier alpha value is -1.72. The van der Waals surface area contributed by atoms with Crippen LogP contribution in [0.1, 0.15) is 0 Å². The molecule has 0 fully saturated rings. The van der Waals surface area contributed by atoms with Gasteiger partial charge in [-0.3, -0.25) is 0 Å². The van der Waals surface area contributed by atoms with Crippen molar-refractivity contribution in [3.05, 3.63) is 47.5 Å². The van der Waals surface area contributed by atoms with Gasteiger partial charge in [0.1, 0.15) is 5.52 Å². The van der Waals surface area contributed by atoms with Gasteiger partial charge in [-0.1, -0.05) is 17.7 Å². The third-order valence-corrected chi connectivity index (χ3v) is 3.51. The van der Waals surface area contributed by atoms with E-state index in [0.29, 0.717) is 5.02 Å². The lowest BCUT2D eigenvalue weighted by molar-refractivity contribution is 0.315. The number of nitrogens with zero attached hydrogens (tertiary/aromatic N) is 2. The summed E-state index contributed by atoms with van der Waals surface area (Å²) in [6.07, 6.45) is 0. The van der Waals surface area contributed by atoms with E-state index in [1.54, 1.807) is 0 Å². The summed E-state index contributed by atoms with van der Waals surface area (Å²) in [4.78, 5) is 0.962. The smallest absolute Gasteiger partial charge is 0.150 e. The standard InChI is InChI=1S/C12H8ClN3OS/c13-8-4-6-9(7-5-8)16-18-11-3-1-2-10-12(11)15-17-14-10/h1-7,16H. The quantitative estimate of drug-likeness (QED) is 0.734. The molecule has 0 radical (unpaired) electrons. The van der Waals surface area contributed by atoms with Gasteiger partial charge < -0.3 is 4.72 Å². The number of benzene rings is 2. The van der Waals surface area contributed by atoms with E-state index in [-0.39, 0.29) is 0 Å². The van der Waals surface area contributed by atoms with Crippen LogP contribution in [0.25, 0.3) is 11.0 Å². The number of halogens is 1. The van der Waals surface area contributed by atoms with Crippen molar-refractivity contribution in [3.63, 3.8) is 0 Å². The summed E-state index contributed by atoms with van der Waals surface area (Å²) < 4.78 is 7.93. The zero-order valence-electron chi connectivity index (χ0n) is 9.13. The van der Waals surface area contributed by atoms with E-state index >= 15 is 0 Å². The lowest BCUT2D eigenvalue weighted by Gasteiger charge is -2.05. The van der Waals surface area contributed by atoms with Crippen molar-refractivity contribution in [2.24, 2.45) is 0 Å². The van der Waals surface area contributed by atoms with E-state index in [1.807, 2.05) is 42.5 Å². The first-order chi connectivity index (χ1) is 8.83. The van der Waals surface area contributed by atoms with Gasteiger partial charge in [0, 0.05) is 10.7 Å². The maximum absolute atomic E-state index is 5.83. The van der Waals surface area contributed by atoms with Crippen LogP contribution in [0.5, 0.6) is 0 Å². The minimum absolute atomic E-state index is 0.716. The van der Waals surface area contributed by atoms with Crippen molar-refractivity contribution >= 4 is 40.3 Å². The highest BCUT2D eigenvalue weighted by atomic mass is 35.5. The Morgan fingerprint density at radius 2 is 1.89 bits per heavy atom. The number of hydrogen-bond acceptors (Lipinski definition) is 5. The van der Waals surface area contributed by atoms with E-state index in [1.165, 1.54) is 11.9 Å². The average Bonchev–Trinajstić information content (AvgIpc) is 2.87. The van der Waals surface area contributed by atoms with Crippen LogP contribution >= 0.6 is 23.5 Å². The first-order valence-electron chi connectivity index (χ1n) is 5.22. The molecule has 0 atom stereocenters. The minimum Gasteiger partial charge on any atom is -0.326 e. The van der Waals surface area contributed by atoms with E-state index in [0.717, 1.165) is 21.6 Å². The molecule has 3 aromatic rings. The molecule has 2 aromatic carbocycles. The summed E-state index contributed by atoms with van der Waals surface area (Å²) in [6.45, 7) is 0. The van der Waals surface area contributed by atoms with Gasteiger partial charge in [-0.15, -0.1) is 0 Å². The Morgan fingerprint density at radius 1 is 1.06 bits per heavy atom. The van der Waals surface area contributed by atoms with Gasteiger partial charge in [0.2, 0.25) is 0 Å². The highest BCUT2D eigenvalue weighted by Gasteiger charge is 2.06. The molecule has 0 saturated heterocycles. The molecule has 0 aliphatic rings. The maximum atomic E-state index is 5.83. The lowest BCUT2D eigenvalue weighted by Crippen LogP contribution is -1.87. The van der Waals surface area contributed by atoms with Crippen LogP contribution in [0.15, 0.2) is 52.0 Å². The molecule has 0 bridgehead atoms. The molecule has 0 saturated carbocycles. The van der Waals surface area contributed by atoms with Crippen LogP contribution in [0.2, 0.25) is 5.02 Å². The molecule has 3 rings (SSSR count). The number of hydrogen-bond donors (Lipinski definition) is 1. The predicted octanol–water partition coefficient (Wildman–Crippen LogP) is 4.00. The summed E-state index contributed by atoms with van der Waals surface area (Å²) in [7, 11) is 0. The normalized spacial score (nSPS) is 10.7. The third-order valence-electron chi connectivity index (χ3n) is 2.37. The number of anilines is 1. The number of nitrogens with one attached hydrogen (secondary N) is 1. The van der Waals surface area contributed by atoms with Crippen molar-refractivity contribution in [1.29, 1.82) is 0 Å². The van der Waals surface area contributed by atoms with E-state index < -0.39 is 0 Å². The molecule has 0 unspecified atom stereocenters. The molecule has 1 aromatic heterocycles. The van der Waals surface area contributed by atoms with Gasteiger partial charge in [0.05, 0.1) is 4.90 Å². The van der Waals surface area contributed by atoms with Gasteiger partial charge in [0.15, 0.2) is 5.52 Å². The van der Waals surface area contributed by atoms with Crippen molar-refractivity contribution in [1.82, 2.24) is 10.3 Å². The number of aromatic nitrogens is 2. The minimum atomic E-state index is 0.716. The summed E-state index contributed by atoms with van der Waals surface area (Å²) in [5.41, 5.74) is 2.47. The average molecular weight is 278 g/mol. The van der Waals surface area contributed by atoms with Gasteiger partial charge >= 0.3 is 0 Å². The van der Waals surface area contributed by atoms with Crippen molar-refractivity contribution in [2.45, 2.75) is 4.90 Å². The summed E-state index contributed by atoms with van der Waals surface area (Å²) in [5.74, 6) is 0. The molecule has 90 valence electrons. The SMILES string of the molecule is Clc1ccc(NSc2cccc3nonc23)cc1. The Kier molecular flexibility index (Phi) is 3.08. The van der Waals surface area contributed by atoms with Crippen molar-refractivity contribution < 1.29 is 4.63 Å². The van der Waals surface area contributed by atoms with Gasteiger partial charge in [-0.25, -0.2) is 4.63 Å². The monoisotopic (exact) mass is 277 g/mol.